The van der Waals surface area contributed by atoms with Crippen molar-refractivity contribution in [2.75, 3.05) is 64.8 Å². The van der Waals surface area contributed by atoms with Crippen LogP contribution in [0.1, 0.15) is 52.4 Å². The van der Waals surface area contributed by atoms with Gasteiger partial charge in [0.25, 0.3) is 0 Å². The van der Waals surface area contributed by atoms with Gasteiger partial charge in [-0.3, -0.25) is 4.99 Å². The summed E-state index contributed by atoms with van der Waals surface area (Å²) in [5, 5.41) is 3.57. The Morgan fingerprint density at radius 1 is 1.14 bits per heavy atom. The molecule has 7 heteroatoms. The second kappa shape index (κ2) is 12.8. The highest BCUT2D eigenvalue weighted by Crippen LogP contribution is 2.35. The molecule has 0 spiro atoms. The highest BCUT2D eigenvalue weighted by molar-refractivity contribution is 14.0. The fourth-order valence-corrected chi connectivity index (χ4v) is 5.95. The Bertz CT molecular complexity index is 462. The molecule has 0 saturated carbocycles. The van der Waals surface area contributed by atoms with E-state index in [1.54, 1.807) is 0 Å². The zero-order valence-electron chi connectivity index (χ0n) is 18.0. The van der Waals surface area contributed by atoms with Crippen LogP contribution in [-0.2, 0) is 4.74 Å². The number of ether oxygens (including phenoxy) is 1. The van der Waals surface area contributed by atoms with Crippen molar-refractivity contribution < 1.29 is 4.74 Å². The highest BCUT2D eigenvalue weighted by Gasteiger charge is 2.33. The maximum atomic E-state index is 5.62. The molecule has 0 aliphatic carbocycles. The molecule has 3 fully saturated rings. The van der Waals surface area contributed by atoms with Crippen LogP contribution in [0.25, 0.3) is 0 Å². The number of aliphatic imine (C=N–C) groups is 1. The molecule has 3 rings (SSSR count). The Morgan fingerprint density at radius 3 is 2.57 bits per heavy atom. The number of hydrogen-bond acceptors (Lipinski definition) is 4. The second-order valence-corrected chi connectivity index (χ2v) is 10.1. The Balaban J connectivity index is 0.00000280. The third-order valence-corrected chi connectivity index (χ3v) is 7.70. The molecular weight excluding hydrogens is 483 g/mol. The van der Waals surface area contributed by atoms with Crippen molar-refractivity contribution in [3.8, 4) is 0 Å². The number of piperidine rings is 1. The number of nitrogens with zero attached hydrogens (tertiary/aromatic N) is 3. The maximum Gasteiger partial charge on any atom is 0.193 e. The average Bonchev–Trinajstić information content (AvgIpc) is 3.15. The molecule has 0 radical (unpaired) electrons. The highest BCUT2D eigenvalue weighted by atomic mass is 127. The van der Waals surface area contributed by atoms with Crippen LogP contribution in [0.2, 0.25) is 0 Å². The van der Waals surface area contributed by atoms with E-state index in [1.165, 1.54) is 51.9 Å². The first-order valence-corrected chi connectivity index (χ1v) is 12.2. The lowest BCUT2D eigenvalue weighted by Crippen LogP contribution is -2.43. The van der Waals surface area contributed by atoms with Crippen LogP contribution in [-0.4, -0.2) is 85.3 Å². The lowest BCUT2D eigenvalue weighted by atomic mass is 9.99. The number of guanidine groups is 1. The Kier molecular flexibility index (Phi) is 11.3. The molecule has 1 atom stereocenters. The summed E-state index contributed by atoms with van der Waals surface area (Å²) >= 11 is 2.09. The zero-order valence-corrected chi connectivity index (χ0v) is 21.1. The molecule has 3 saturated heterocycles. The van der Waals surface area contributed by atoms with E-state index in [2.05, 4.69) is 40.7 Å². The number of thioether (sulfide) groups is 1. The summed E-state index contributed by atoms with van der Waals surface area (Å²) < 4.78 is 5.90. The van der Waals surface area contributed by atoms with Gasteiger partial charge in [-0.15, -0.1) is 24.0 Å². The maximum absolute atomic E-state index is 5.62. The van der Waals surface area contributed by atoms with Gasteiger partial charge in [-0.25, -0.2) is 0 Å². The van der Waals surface area contributed by atoms with Gasteiger partial charge in [0.1, 0.15) is 0 Å². The minimum atomic E-state index is 0. The number of likely N-dealkylation sites (tertiary alicyclic amines) is 2. The molecule has 1 N–H and O–H groups in total. The standard InChI is InChI=1S/C21H40N4OS.HI/c1-3-22-20(23-18-21(27-4-2)9-14-26-15-10-21)25-13-8-19(17-25)16-24-11-6-5-7-12-24;/h19H,3-18H2,1-2H3,(H,22,23);1H. The number of rotatable bonds is 7. The largest absolute Gasteiger partial charge is 0.381 e. The van der Waals surface area contributed by atoms with Gasteiger partial charge in [-0.2, -0.15) is 11.8 Å². The van der Waals surface area contributed by atoms with E-state index in [4.69, 9.17) is 9.73 Å². The van der Waals surface area contributed by atoms with Crippen molar-refractivity contribution >= 4 is 41.7 Å². The van der Waals surface area contributed by atoms with Crippen molar-refractivity contribution in [1.29, 1.82) is 0 Å². The summed E-state index contributed by atoms with van der Waals surface area (Å²) in [4.78, 5) is 10.3. The Labute approximate surface area is 193 Å². The molecular formula is C21H41IN4OS. The van der Waals surface area contributed by atoms with Gasteiger partial charge in [0.2, 0.25) is 0 Å². The minimum absolute atomic E-state index is 0. The predicted octanol–water partition coefficient (Wildman–Crippen LogP) is 3.68. The summed E-state index contributed by atoms with van der Waals surface area (Å²) in [7, 11) is 0. The smallest absolute Gasteiger partial charge is 0.193 e. The van der Waals surface area contributed by atoms with Crippen LogP contribution in [0.3, 0.4) is 0 Å². The van der Waals surface area contributed by atoms with Crippen LogP contribution < -0.4 is 5.32 Å². The first kappa shape index (κ1) is 24.5. The van der Waals surface area contributed by atoms with Gasteiger partial charge in [-0.1, -0.05) is 13.3 Å². The van der Waals surface area contributed by atoms with Gasteiger partial charge in [0, 0.05) is 44.1 Å². The third-order valence-electron chi connectivity index (χ3n) is 6.26. The normalized spacial score (nSPS) is 26.1. The Hall–Kier alpha value is 0.270. The topological polar surface area (TPSA) is 40.1 Å². The van der Waals surface area contributed by atoms with E-state index in [-0.39, 0.29) is 28.7 Å². The molecule has 0 bridgehead atoms. The summed E-state index contributed by atoms with van der Waals surface area (Å²) in [5.74, 6) is 3.10. The zero-order chi connectivity index (χ0) is 19.0. The van der Waals surface area contributed by atoms with E-state index in [0.29, 0.717) is 0 Å². The SMILES string of the molecule is CCNC(=NCC1(SCC)CCOCC1)N1CCC(CN2CCCCC2)C1.I. The van der Waals surface area contributed by atoms with E-state index in [0.717, 1.165) is 63.3 Å². The van der Waals surface area contributed by atoms with E-state index < -0.39 is 0 Å². The van der Waals surface area contributed by atoms with E-state index in [1.807, 2.05) is 0 Å². The van der Waals surface area contributed by atoms with Crippen molar-refractivity contribution in [2.24, 2.45) is 10.9 Å². The van der Waals surface area contributed by atoms with Crippen LogP contribution >= 0.6 is 35.7 Å². The van der Waals surface area contributed by atoms with Crippen molar-refractivity contribution in [3.05, 3.63) is 0 Å². The summed E-state index contributed by atoms with van der Waals surface area (Å²) in [6.07, 6.45) is 7.78. The van der Waals surface area contributed by atoms with Crippen LogP contribution in [0.15, 0.2) is 4.99 Å². The van der Waals surface area contributed by atoms with Crippen LogP contribution in [0.4, 0.5) is 0 Å². The van der Waals surface area contributed by atoms with Crippen LogP contribution in [0.5, 0.6) is 0 Å². The molecule has 3 aliphatic rings. The minimum Gasteiger partial charge on any atom is -0.381 e. The fourth-order valence-electron chi connectivity index (χ4n) is 4.72. The first-order valence-electron chi connectivity index (χ1n) is 11.2. The number of hydrogen-bond donors (Lipinski definition) is 1. The van der Waals surface area contributed by atoms with E-state index >= 15 is 0 Å². The van der Waals surface area contributed by atoms with Gasteiger partial charge in [-0.05, 0) is 63.8 Å². The van der Waals surface area contributed by atoms with Crippen molar-refractivity contribution in [2.45, 2.75) is 57.1 Å². The van der Waals surface area contributed by atoms with E-state index in [9.17, 15) is 0 Å². The first-order chi connectivity index (χ1) is 13.2. The fraction of sp³-hybridized carbons (Fsp3) is 0.952. The summed E-state index contributed by atoms with van der Waals surface area (Å²) in [5.41, 5.74) is 0. The van der Waals surface area contributed by atoms with Crippen molar-refractivity contribution in [3.63, 3.8) is 0 Å². The van der Waals surface area contributed by atoms with Crippen LogP contribution in [0, 0.1) is 5.92 Å². The molecule has 0 aromatic carbocycles. The average molecular weight is 525 g/mol. The summed E-state index contributed by atoms with van der Waals surface area (Å²) in [6.45, 7) is 14.3. The molecule has 28 heavy (non-hydrogen) atoms. The Morgan fingerprint density at radius 2 is 1.89 bits per heavy atom. The molecule has 0 amide bonds. The van der Waals surface area contributed by atoms with Gasteiger partial charge >= 0.3 is 0 Å². The summed E-state index contributed by atoms with van der Waals surface area (Å²) in [6, 6.07) is 0. The predicted molar refractivity (Wildman–Crippen MR) is 132 cm³/mol. The molecule has 164 valence electrons. The molecule has 5 nitrogen and oxygen atoms in total. The molecule has 3 heterocycles. The third kappa shape index (κ3) is 7.20. The van der Waals surface area contributed by atoms with Crippen molar-refractivity contribution in [1.82, 2.24) is 15.1 Å². The molecule has 0 aromatic heterocycles. The quantitative estimate of drug-likeness (QED) is 0.313. The lowest BCUT2D eigenvalue weighted by Gasteiger charge is -2.35. The van der Waals surface area contributed by atoms with Gasteiger partial charge in [0.05, 0.1) is 6.54 Å². The lowest BCUT2D eigenvalue weighted by molar-refractivity contribution is 0.0793. The monoisotopic (exact) mass is 524 g/mol. The second-order valence-electron chi connectivity index (χ2n) is 8.36. The molecule has 0 aromatic rings. The molecule has 1 unspecified atom stereocenters. The molecule has 3 aliphatic heterocycles. The van der Waals surface area contributed by atoms with Gasteiger partial charge < -0.3 is 19.9 Å². The number of nitrogens with one attached hydrogen (secondary N) is 1. The number of halogens is 1. The van der Waals surface area contributed by atoms with Gasteiger partial charge in [0.15, 0.2) is 5.96 Å².